The van der Waals surface area contributed by atoms with Crippen LogP contribution in [0.1, 0.15) is 56.7 Å². The van der Waals surface area contributed by atoms with Gasteiger partial charge in [-0.2, -0.15) is 13.2 Å². The summed E-state index contributed by atoms with van der Waals surface area (Å²) in [4.78, 5) is 7.28. The van der Waals surface area contributed by atoms with Gasteiger partial charge < -0.3 is 9.83 Å². The summed E-state index contributed by atoms with van der Waals surface area (Å²) in [5.41, 5.74) is 0.599. The normalized spacial score (nSPS) is 27.3. The first-order valence-electron chi connectivity index (χ1n) is 11.7. The van der Waals surface area contributed by atoms with Crippen LogP contribution in [0, 0.1) is 5.92 Å². The lowest BCUT2D eigenvalue weighted by Crippen LogP contribution is -2.62. The summed E-state index contributed by atoms with van der Waals surface area (Å²) in [6, 6.07) is 6.43. The largest absolute Gasteiger partial charge is 0.437 e. The summed E-state index contributed by atoms with van der Waals surface area (Å²) in [6.07, 6.45) is 0.132. The number of benzene rings is 1. The monoisotopic (exact) mass is 437 g/mol. The third kappa shape index (κ3) is 4.97. The molecule has 8 heteroatoms. The van der Waals surface area contributed by atoms with Crippen LogP contribution in [0.5, 0.6) is 0 Å². The molecule has 2 atom stereocenters. The van der Waals surface area contributed by atoms with Gasteiger partial charge in [0.15, 0.2) is 0 Å². The molecule has 2 saturated heterocycles. The minimum Gasteiger partial charge on any atom is -0.437 e. The van der Waals surface area contributed by atoms with Crippen molar-refractivity contribution < 1.29 is 18.2 Å². The lowest BCUT2D eigenvalue weighted by Gasteiger charge is -2.53. The zero-order chi connectivity index (χ0) is 22.4. The van der Waals surface area contributed by atoms with E-state index in [9.17, 15) is 18.2 Å². The highest BCUT2D eigenvalue weighted by atomic mass is 19.4. The molecule has 0 bridgehead atoms. The van der Waals surface area contributed by atoms with Crippen molar-refractivity contribution in [2.45, 2.75) is 70.2 Å². The minimum atomic E-state index is -4.29. The van der Waals surface area contributed by atoms with Crippen LogP contribution in [0.3, 0.4) is 0 Å². The molecular formula is C23H35BF3N3O. The van der Waals surface area contributed by atoms with Crippen LogP contribution in [-0.4, -0.2) is 71.0 Å². The molecule has 1 unspecified atom stereocenters. The van der Waals surface area contributed by atoms with Gasteiger partial charge in [-0.1, -0.05) is 12.1 Å². The number of nitrogens with zero attached hydrogens (tertiary/aromatic N) is 3. The van der Waals surface area contributed by atoms with Gasteiger partial charge in [-0.15, -0.1) is 0 Å². The van der Waals surface area contributed by atoms with Crippen molar-refractivity contribution >= 4 is 7.05 Å². The van der Waals surface area contributed by atoms with Crippen LogP contribution < -0.4 is 0 Å². The molecule has 1 aliphatic carbocycles. The number of piperidine rings is 1. The van der Waals surface area contributed by atoms with E-state index in [1.54, 1.807) is 12.1 Å². The Balaban J connectivity index is 1.44. The van der Waals surface area contributed by atoms with Gasteiger partial charge in [0.1, 0.15) is 0 Å². The topological polar surface area (TPSA) is 30.0 Å². The number of rotatable bonds is 5. The van der Waals surface area contributed by atoms with E-state index in [2.05, 4.69) is 28.5 Å². The lowest BCUT2D eigenvalue weighted by molar-refractivity contribution is -0.137. The quantitative estimate of drug-likeness (QED) is 0.702. The van der Waals surface area contributed by atoms with Crippen molar-refractivity contribution in [2.75, 3.05) is 32.7 Å². The van der Waals surface area contributed by atoms with Crippen LogP contribution in [0.2, 0.25) is 6.82 Å². The van der Waals surface area contributed by atoms with Gasteiger partial charge in [0.25, 0.3) is 0 Å². The van der Waals surface area contributed by atoms with Gasteiger partial charge in [0.2, 0.25) is 0 Å². The molecule has 1 aromatic rings. The van der Waals surface area contributed by atoms with Gasteiger partial charge >= 0.3 is 13.2 Å². The molecule has 3 fully saturated rings. The SMILES string of the molecule is CB(O)N1CCC(C)(N2CCN(C(c3ccc(C(F)(F)F)cc3)C3CC3)[C@@H](C)C2)CC1. The third-order valence-electron chi connectivity index (χ3n) is 7.85. The number of piperazine rings is 1. The fraction of sp³-hybridized carbons (Fsp3) is 0.739. The van der Waals surface area contributed by atoms with E-state index in [1.165, 1.54) is 12.1 Å². The van der Waals surface area contributed by atoms with Gasteiger partial charge in [-0.25, -0.2) is 0 Å². The van der Waals surface area contributed by atoms with E-state index in [-0.39, 0.29) is 18.6 Å². The molecular weight excluding hydrogens is 402 g/mol. The molecule has 4 rings (SSSR count). The smallest absolute Gasteiger partial charge is 0.416 e. The van der Waals surface area contributed by atoms with E-state index >= 15 is 0 Å². The number of halogens is 3. The average molecular weight is 437 g/mol. The zero-order valence-corrected chi connectivity index (χ0v) is 18.9. The molecule has 172 valence electrons. The van der Waals surface area contributed by atoms with Crippen molar-refractivity contribution in [3.05, 3.63) is 35.4 Å². The van der Waals surface area contributed by atoms with Crippen LogP contribution in [-0.2, 0) is 6.18 Å². The molecule has 0 spiro atoms. The van der Waals surface area contributed by atoms with E-state index in [0.29, 0.717) is 12.0 Å². The Morgan fingerprint density at radius 3 is 2.16 bits per heavy atom. The summed E-state index contributed by atoms with van der Waals surface area (Å²) in [7, 11) is -0.386. The maximum atomic E-state index is 13.0. The van der Waals surface area contributed by atoms with Crippen LogP contribution in [0.25, 0.3) is 0 Å². The molecule has 2 aliphatic heterocycles. The van der Waals surface area contributed by atoms with E-state index in [1.807, 2.05) is 6.82 Å². The highest BCUT2D eigenvalue weighted by Crippen LogP contribution is 2.46. The Labute approximate surface area is 184 Å². The Kier molecular flexibility index (Phi) is 6.47. The second-order valence-corrected chi connectivity index (χ2v) is 10.1. The Bertz CT molecular complexity index is 745. The molecule has 1 N–H and O–H groups in total. The maximum Gasteiger partial charge on any atom is 0.416 e. The van der Waals surface area contributed by atoms with Crippen molar-refractivity contribution in [1.82, 2.24) is 14.6 Å². The standard InChI is InChI=1S/C23H35BF3N3O/c1-17-16-28(22(2)10-12-29(13-11-22)24(3)31)14-15-30(17)21(18-4-5-18)19-6-8-20(9-7-19)23(25,26)27/h6-9,17-18,21,31H,4-5,10-16H2,1-3H3/t17-,21?/m0/s1. The minimum absolute atomic E-state index is 0.148. The molecule has 0 amide bonds. The first-order chi connectivity index (χ1) is 14.6. The Morgan fingerprint density at radius 1 is 1.06 bits per heavy atom. The molecule has 0 radical (unpaired) electrons. The summed E-state index contributed by atoms with van der Waals surface area (Å²) < 4.78 is 39.0. The summed E-state index contributed by atoms with van der Waals surface area (Å²) in [5, 5.41) is 9.87. The first kappa shape index (κ1) is 23.1. The fourth-order valence-electron chi connectivity index (χ4n) is 5.59. The predicted molar refractivity (Wildman–Crippen MR) is 118 cm³/mol. The van der Waals surface area contributed by atoms with E-state index < -0.39 is 11.7 Å². The number of hydrogen-bond donors (Lipinski definition) is 1. The first-order valence-corrected chi connectivity index (χ1v) is 11.7. The second-order valence-electron chi connectivity index (χ2n) is 10.1. The summed E-state index contributed by atoms with van der Waals surface area (Å²) in [5.74, 6) is 0.551. The predicted octanol–water partition coefficient (Wildman–Crippen LogP) is 4.13. The Morgan fingerprint density at radius 2 is 1.68 bits per heavy atom. The molecule has 0 aromatic heterocycles. The van der Waals surface area contributed by atoms with Crippen LogP contribution >= 0.6 is 0 Å². The molecule has 1 aromatic carbocycles. The fourth-order valence-corrected chi connectivity index (χ4v) is 5.59. The summed E-state index contributed by atoms with van der Waals surface area (Å²) >= 11 is 0. The van der Waals surface area contributed by atoms with Crippen LogP contribution in [0.4, 0.5) is 13.2 Å². The van der Waals surface area contributed by atoms with Crippen molar-refractivity contribution in [3.63, 3.8) is 0 Å². The molecule has 4 nitrogen and oxygen atoms in total. The van der Waals surface area contributed by atoms with Gasteiger partial charge in [-0.3, -0.25) is 9.80 Å². The zero-order valence-electron chi connectivity index (χ0n) is 18.9. The maximum absolute atomic E-state index is 13.0. The van der Waals surface area contributed by atoms with Gasteiger partial charge in [0, 0.05) is 37.3 Å². The van der Waals surface area contributed by atoms with E-state index in [0.717, 1.165) is 64.0 Å². The van der Waals surface area contributed by atoms with Gasteiger partial charge in [0.05, 0.1) is 5.56 Å². The molecule has 1 saturated carbocycles. The highest BCUT2D eigenvalue weighted by Gasteiger charge is 2.44. The highest BCUT2D eigenvalue weighted by molar-refractivity contribution is 6.45. The van der Waals surface area contributed by atoms with Crippen molar-refractivity contribution in [2.24, 2.45) is 5.92 Å². The van der Waals surface area contributed by atoms with Gasteiger partial charge in [-0.05, 0) is 83.1 Å². The number of alkyl halides is 3. The second kappa shape index (κ2) is 8.69. The Hall–Kier alpha value is -1.09. The lowest BCUT2D eigenvalue weighted by atomic mass is 9.78. The molecule has 2 heterocycles. The summed E-state index contributed by atoms with van der Waals surface area (Å²) in [6.45, 7) is 11.2. The molecule has 31 heavy (non-hydrogen) atoms. The third-order valence-corrected chi connectivity index (χ3v) is 7.85. The molecule has 3 aliphatic rings. The van der Waals surface area contributed by atoms with E-state index in [4.69, 9.17) is 0 Å². The van der Waals surface area contributed by atoms with Crippen molar-refractivity contribution in [1.29, 1.82) is 0 Å². The van der Waals surface area contributed by atoms with Crippen molar-refractivity contribution in [3.8, 4) is 0 Å². The number of hydrogen-bond acceptors (Lipinski definition) is 4. The average Bonchev–Trinajstić information content (AvgIpc) is 3.54. The van der Waals surface area contributed by atoms with Crippen LogP contribution in [0.15, 0.2) is 24.3 Å².